The van der Waals surface area contributed by atoms with E-state index in [1.165, 1.54) is 31.2 Å². The molecule has 1 aromatic heterocycles. The Morgan fingerprint density at radius 3 is 2.78 bits per heavy atom. The largest absolute Gasteiger partial charge is 0.354 e. The van der Waals surface area contributed by atoms with E-state index in [4.69, 9.17) is 4.99 Å². The van der Waals surface area contributed by atoms with Crippen LogP contribution in [0, 0.1) is 6.92 Å². The number of guanidine groups is 1. The van der Waals surface area contributed by atoms with Crippen LogP contribution in [0.1, 0.15) is 42.9 Å². The Kier molecular flexibility index (Phi) is 7.15. The van der Waals surface area contributed by atoms with Gasteiger partial charge in [-0.05, 0) is 38.0 Å². The number of rotatable bonds is 6. The zero-order chi connectivity index (χ0) is 19.1. The Hall–Kier alpha value is -2.02. The molecule has 1 aliphatic carbocycles. The molecule has 1 aliphatic rings. The number of nitrogens with one attached hydrogen (secondary N) is 2. The van der Waals surface area contributed by atoms with Crippen LogP contribution in [-0.4, -0.2) is 38.3 Å². The van der Waals surface area contributed by atoms with Crippen LogP contribution in [0.5, 0.6) is 0 Å². The standard InChI is InChI=1S/C20H30N6S/c1-15-24-25-19(26(15)2)14-22-20(21-13-16-8-5-4-6-9-16)23-17-10-7-11-18(12-17)27-3/h4-6,8-9,17-18H,7,10-14H2,1-3H3,(H2,21,22,23). The topological polar surface area (TPSA) is 67.1 Å². The number of hydrogen-bond donors (Lipinski definition) is 2. The Labute approximate surface area is 166 Å². The van der Waals surface area contributed by atoms with Crippen molar-refractivity contribution in [2.24, 2.45) is 12.0 Å². The highest BCUT2D eigenvalue weighted by molar-refractivity contribution is 7.99. The van der Waals surface area contributed by atoms with Gasteiger partial charge in [-0.2, -0.15) is 11.8 Å². The number of thioether (sulfide) groups is 1. The zero-order valence-corrected chi connectivity index (χ0v) is 17.3. The minimum Gasteiger partial charge on any atom is -0.354 e. The van der Waals surface area contributed by atoms with Crippen molar-refractivity contribution in [3.63, 3.8) is 0 Å². The summed E-state index contributed by atoms with van der Waals surface area (Å²) in [4.78, 5) is 4.82. The first-order valence-corrected chi connectivity index (χ1v) is 10.9. The van der Waals surface area contributed by atoms with Gasteiger partial charge in [-0.3, -0.25) is 0 Å². The van der Waals surface area contributed by atoms with Gasteiger partial charge in [0.1, 0.15) is 5.82 Å². The lowest BCUT2D eigenvalue weighted by Crippen LogP contribution is -2.45. The third-order valence-electron chi connectivity index (χ3n) is 5.16. The quantitative estimate of drug-likeness (QED) is 0.590. The lowest BCUT2D eigenvalue weighted by atomic mass is 9.95. The molecule has 1 saturated carbocycles. The summed E-state index contributed by atoms with van der Waals surface area (Å²) in [5.74, 6) is 2.68. The Morgan fingerprint density at radius 1 is 1.26 bits per heavy atom. The molecule has 0 amide bonds. The molecular weight excluding hydrogens is 356 g/mol. The summed E-state index contributed by atoms with van der Waals surface area (Å²) in [5.41, 5.74) is 1.21. The van der Waals surface area contributed by atoms with Crippen LogP contribution in [0.25, 0.3) is 0 Å². The highest BCUT2D eigenvalue weighted by Gasteiger charge is 2.22. The number of aryl methyl sites for hydroxylation is 1. The molecular formula is C20H30N6S. The number of aromatic nitrogens is 3. The molecule has 3 rings (SSSR count). The van der Waals surface area contributed by atoms with Crippen LogP contribution < -0.4 is 10.6 Å². The molecule has 27 heavy (non-hydrogen) atoms. The van der Waals surface area contributed by atoms with Gasteiger partial charge in [0, 0.05) is 18.3 Å². The van der Waals surface area contributed by atoms with E-state index in [1.54, 1.807) is 0 Å². The van der Waals surface area contributed by atoms with Crippen molar-refractivity contribution >= 4 is 17.7 Å². The second-order valence-electron chi connectivity index (χ2n) is 7.09. The molecule has 0 saturated heterocycles. The first-order valence-electron chi connectivity index (χ1n) is 9.62. The molecule has 2 atom stereocenters. The van der Waals surface area contributed by atoms with Crippen LogP contribution >= 0.6 is 11.8 Å². The average Bonchev–Trinajstić information content (AvgIpc) is 3.03. The molecule has 1 fully saturated rings. The Morgan fingerprint density at radius 2 is 2.07 bits per heavy atom. The summed E-state index contributed by atoms with van der Waals surface area (Å²) in [5, 5.41) is 16.2. The van der Waals surface area contributed by atoms with Gasteiger partial charge in [0.25, 0.3) is 0 Å². The van der Waals surface area contributed by atoms with E-state index >= 15 is 0 Å². The predicted octanol–water partition coefficient (Wildman–Crippen LogP) is 3.03. The van der Waals surface area contributed by atoms with Crippen molar-refractivity contribution in [3.05, 3.63) is 47.5 Å². The van der Waals surface area contributed by atoms with Gasteiger partial charge < -0.3 is 15.2 Å². The first-order chi connectivity index (χ1) is 13.2. The maximum absolute atomic E-state index is 4.82. The maximum Gasteiger partial charge on any atom is 0.192 e. The van der Waals surface area contributed by atoms with E-state index in [0.29, 0.717) is 19.1 Å². The lowest BCUT2D eigenvalue weighted by Gasteiger charge is -2.30. The molecule has 2 aromatic rings. The van der Waals surface area contributed by atoms with E-state index in [0.717, 1.165) is 22.9 Å². The van der Waals surface area contributed by atoms with Crippen LogP contribution in [0.3, 0.4) is 0 Å². The zero-order valence-electron chi connectivity index (χ0n) is 16.5. The van der Waals surface area contributed by atoms with E-state index in [9.17, 15) is 0 Å². The third-order valence-corrected chi connectivity index (χ3v) is 6.25. The van der Waals surface area contributed by atoms with Crippen molar-refractivity contribution in [2.45, 2.75) is 57.0 Å². The van der Waals surface area contributed by atoms with Crippen molar-refractivity contribution in [3.8, 4) is 0 Å². The molecule has 0 aliphatic heterocycles. The molecule has 2 unspecified atom stereocenters. The van der Waals surface area contributed by atoms with Gasteiger partial charge in [0.15, 0.2) is 11.8 Å². The van der Waals surface area contributed by atoms with Gasteiger partial charge >= 0.3 is 0 Å². The van der Waals surface area contributed by atoms with Crippen molar-refractivity contribution in [2.75, 3.05) is 6.26 Å². The minimum absolute atomic E-state index is 0.472. The molecule has 1 heterocycles. The van der Waals surface area contributed by atoms with Gasteiger partial charge in [0.05, 0.1) is 13.1 Å². The fourth-order valence-electron chi connectivity index (χ4n) is 3.36. The van der Waals surface area contributed by atoms with Gasteiger partial charge in [-0.15, -0.1) is 10.2 Å². The molecule has 7 heteroatoms. The number of nitrogens with zero attached hydrogens (tertiary/aromatic N) is 4. The van der Waals surface area contributed by atoms with Crippen LogP contribution in [0.2, 0.25) is 0 Å². The van der Waals surface area contributed by atoms with E-state index < -0.39 is 0 Å². The molecule has 146 valence electrons. The molecule has 0 bridgehead atoms. The summed E-state index contributed by atoms with van der Waals surface area (Å²) >= 11 is 1.98. The Bertz CT molecular complexity index is 742. The number of aliphatic imine (C=N–C) groups is 1. The summed E-state index contributed by atoms with van der Waals surface area (Å²) in [6, 6.07) is 10.8. The van der Waals surface area contributed by atoms with Crippen LogP contribution in [0.4, 0.5) is 0 Å². The monoisotopic (exact) mass is 386 g/mol. The van der Waals surface area contributed by atoms with E-state index in [-0.39, 0.29) is 0 Å². The van der Waals surface area contributed by atoms with Gasteiger partial charge in [0.2, 0.25) is 0 Å². The van der Waals surface area contributed by atoms with Crippen LogP contribution in [-0.2, 0) is 20.1 Å². The van der Waals surface area contributed by atoms with Crippen LogP contribution in [0.15, 0.2) is 35.3 Å². The van der Waals surface area contributed by atoms with Crippen molar-refractivity contribution < 1.29 is 0 Å². The fourth-order valence-corrected chi connectivity index (χ4v) is 4.18. The lowest BCUT2D eigenvalue weighted by molar-refractivity contribution is 0.418. The molecule has 0 spiro atoms. The van der Waals surface area contributed by atoms with Crippen molar-refractivity contribution in [1.29, 1.82) is 0 Å². The third kappa shape index (κ3) is 5.73. The molecule has 6 nitrogen and oxygen atoms in total. The average molecular weight is 387 g/mol. The normalized spacial score (nSPS) is 20.5. The highest BCUT2D eigenvalue weighted by Crippen LogP contribution is 2.26. The summed E-state index contributed by atoms with van der Waals surface area (Å²) in [6.07, 6.45) is 7.20. The highest BCUT2D eigenvalue weighted by atomic mass is 32.2. The molecule has 0 radical (unpaired) electrons. The number of benzene rings is 1. The molecule has 2 N–H and O–H groups in total. The van der Waals surface area contributed by atoms with E-state index in [1.807, 2.05) is 36.4 Å². The smallest absolute Gasteiger partial charge is 0.192 e. The predicted molar refractivity (Wildman–Crippen MR) is 113 cm³/mol. The summed E-state index contributed by atoms with van der Waals surface area (Å²) < 4.78 is 2.01. The SMILES string of the molecule is CSC1CCCC(NC(=NCc2ccccc2)NCc2nnc(C)n2C)C1. The summed E-state index contributed by atoms with van der Waals surface area (Å²) in [6.45, 7) is 3.23. The summed E-state index contributed by atoms with van der Waals surface area (Å²) in [7, 11) is 1.99. The Balaban J connectivity index is 1.66. The fraction of sp³-hybridized carbons (Fsp3) is 0.550. The molecule has 1 aromatic carbocycles. The minimum atomic E-state index is 0.472. The number of hydrogen-bond acceptors (Lipinski definition) is 4. The second-order valence-corrected chi connectivity index (χ2v) is 8.23. The van der Waals surface area contributed by atoms with E-state index in [2.05, 4.69) is 51.4 Å². The first kappa shape index (κ1) is 19.7. The van der Waals surface area contributed by atoms with Gasteiger partial charge in [-0.25, -0.2) is 4.99 Å². The van der Waals surface area contributed by atoms with Gasteiger partial charge in [-0.1, -0.05) is 36.8 Å². The van der Waals surface area contributed by atoms with Crippen molar-refractivity contribution in [1.82, 2.24) is 25.4 Å². The maximum atomic E-state index is 4.82. The second kappa shape index (κ2) is 9.78.